The lowest BCUT2D eigenvalue weighted by molar-refractivity contribution is -0.115. The number of halogens is 1. The standard InChI is InChI=1S/C17H17FN2O2S/c1-11(17(22)20-16-6-4-3-5-15(16)18)23-14-9-7-13(8-10-14)19-12(2)21/h3-11H,1-2H3,(H,19,21)(H,20,22)/t11-/m0/s1. The van der Waals surface area contributed by atoms with Crippen molar-refractivity contribution in [3.8, 4) is 0 Å². The second-order valence-electron chi connectivity index (χ2n) is 4.93. The summed E-state index contributed by atoms with van der Waals surface area (Å²) >= 11 is 1.36. The molecule has 2 amide bonds. The molecule has 2 rings (SSSR count). The van der Waals surface area contributed by atoms with Crippen LogP contribution in [0.5, 0.6) is 0 Å². The van der Waals surface area contributed by atoms with E-state index >= 15 is 0 Å². The van der Waals surface area contributed by atoms with Crippen LogP contribution in [0.15, 0.2) is 53.4 Å². The predicted molar refractivity (Wildman–Crippen MR) is 91.1 cm³/mol. The molecular weight excluding hydrogens is 315 g/mol. The average molecular weight is 332 g/mol. The van der Waals surface area contributed by atoms with E-state index in [9.17, 15) is 14.0 Å². The molecule has 2 aromatic rings. The highest BCUT2D eigenvalue weighted by molar-refractivity contribution is 8.00. The molecule has 0 radical (unpaired) electrons. The molecule has 0 aliphatic carbocycles. The summed E-state index contributed by atoms with van der Waals surface area (Å²) in [5.41, 5.74) is 0.872. The van der Waals surface area contributed by atoms with Crippen LogP contribution in [-0.4, -0.2) is 17.1 Å². The molecule has 120 valence electrons. The number of carbonyl (C=O) groups excluding carboxylic acids is 2. The number of rotatable bonds is 5. The monoisotopic (exact) mass is 332 g/mol. The first kappa shape index (κ1) is 17.0. The largest absolute Gasteiger partial charge is 0.326 e. The van der Waals surface area contributed by atoms with Crippen LogP contribution in [0, 0.1) is 5.82 Å². The highest BCUT2D eigenvalue weighted by Gasteiger charge is 2.16. The molecular formula is C17H17FN2O2S. The summed E-state index contributed by atoms with van der Waals surface area (Å²) in [4.78, 5) is 24.0. The van der Waals surface area contributed by atoms with E-state index in [0.717, 1.165) is 4.90 Å². The Labute approximate surface area is 138 Å². The third-order valence-corrected chi connectivity index (χ3v) is 4.10. The maximum Gasteiger partial charge on any atom is 0.237 e. The molecule has 0 unspecified atom stereocenters. The van der Waals surface area contributed by atoms with Gasteiger partial charge >= 0.3 is 0 Å². The van der Waals surface area contributed by atoms with Crippen LogP contribution in [0.2, 0.25) is 0 Å². The Hall–Kier alpha value is -2.34. The van der Waals surface area contributed by atoms with Crippen molar-refractivity contribution in [3.05, 3.63) is 54.3 Å². The molecule has 23 heavy (non-hydrogen) atoms. The van der Waals surface area contributed by atoms with Crippen molar-refractivity contribution in [2.75, 3.05) is 10.6 Å². The SMILES string of the molecule is CC(=O)Nc1ccc(S[C@@H](C)C(=O)Nc2ccccc2F)cc1. The molecule has 0 aromatic heterocycles. The Bertz CT molecular complexity index is 704. The van der Waals surface area contributed by atoms with Gasteiger partial charge in [-0.1, -0.05) is 12.1 Å². The van der Waals surface area contributed by atoms with Gasteiger partial charge in [0, 0.05) is 17.5 Å². The number of hydrogen-bond donors (Lipinski definition) is 2. The molecule has 1 atom stereocenters. The lowest BCUT2D eigenvalue weighted by Gasteiger charge is -2.13. The van der Waals surface area contributed by atoms with Crippen molar-refractivity contribution in [1.82, 2.24) is 0 Å². The number of anilines is 2. The molecule has 0 saturated heterocycles. The minimum absolute atomic E-state index is 0.136. The minimum Gasteiger partial charge on any atom is -0.326 e. The highest BCUT2D eigenvalue weighted by atomic mass is 32.2. The van der Waals surface area contributed by atoms with Crippen molar-refractivity contribution in [1.29, 1.82) is 0 Å². The summed E-state index contributed by atoms with van der Waals surface area (Å²) in [5, 5.41) is 4.87. The zero-order valence-corrected chi connectivity index (χ0v) is 13.6. The number of hydrogen-bond acceptors (Lipinski definition) is 3. The summed E-state index contributed by atoms with van der Waals surface area (Å²) in [6.45, 7) is 3.19. The van der Waals surface area contributed by atoms with Gasteiger partial charge in [0.05, 0.1) is 10.9 Å². The summed E-state index contributed by atoms with van der Waals surface area (Å²) in [5.74, 6) is -0.869. The first-order chi connectivity index (χ1) is 11.0. The molecule has 0 heterocycles. The number of benzene rings is 2. The Balaban J connectivity index is 1.95. The predicted octanol–water partition coefficient (Wildman–Crippen LogP) is 3.90. The zero-order valence-electron chi connectivity index (χ0n) is 12.8. The zero-order chi connectivity index (χ0) is 16.8. The van der Waals surface area contributed by atoms with Crippen LogP contribution < -0.4 is 10.6 Å². The van der Waals surface area contributed by atoms with Gasteiger partial charge < -0.3 is 10.6 Å². The number of para-hydroxylation sites is 1. The molecule has 4 nitrogen and oxygen atoms in total. The molecule has 2 N–H and O–H groups in total. The van der Waals surface area contributed by atoms with Crippen molar-refractivity contribution in [2.24, 2.45) is 0 Å². The van der Waals surface area contributed by atoms with Crippen molar-refractivity contribution in [3.63, 3.8) is 0 Å². The van der Waals surface area contributed by atoms with Crippen molar-refractivity contribution >= 4 is 35.0 Å². The second kappa shape index (κ2) is 7.78. The van der Waals surface area contributed by atoms with Crippen LogP contribution >= 0.6 is 11.8 Å². The van der Waals surface area contributed by atoms with Crippen LogP contribution in [0.25, 0.3) is 0 Å². The van der Waals surface area contributed by atoms with Crippen LogP contribution in [0.1, 0.15) is 13.8 Å². The summed E-state index contributed by atoms with van der Waals surface area (Å²) in [7, 11) is 0. The lowest BCUT2D eigenvalue weighted by atomic mass is 10.3. The van der Waals surface area contributed by atoms with Gasteiger partial charge in [-0.15, -0.1) is 11.8 Å². The summed E-state index contributed by atoms with van der Waals surface area (Å²) in [6, 6.07) is 13.2. The van der Waals surface area contributed by atoms with Gasteiger partial charge in [-0.05, 0) is 43.3 Å². The number of thioether (sulfide) groups is 1. The fourth-order valence-electron chi connectivity index (χ4n) is 1.87. The minimum atomic E-state index is -0.460. The number of amides is 2. The van der Waals surface area contributed by atoms with E-state index < -0.39 is 5.82 Å². The van der Waals surface area contributed by atoms with Crippen molar-refractivity contribution < 1.29 is 14.0 Å². The fourth-order valence-corrected chi connectivity index (χ4v) is 2.74. The third-order valence-electron chi connectivity index (χ3n) is 2.99. The molecule has 0 aliphatic rings. The van der Waals surface area contributed by atoms with E-state index in [0.29, 0.717) is 5.69 Å². The van der Waals surface area contributed by atoms with E-state index in [-0.39, 0.29) is 22.8 Å². The van der Waals surface area contributed by atoms with Gasteiger partial charge in [0.2, 0.25) is 11.8 Å². The smallest absolute Gasteiger partial charge is 0.237 e. The Morgan fingerprint density at radius 2 is 1.70 bits per heavy atom. The second-order valence-corrected chi connectivity index (χ2v) is 6.35. The first-order valence-electron chi connectivity index (χ1n) is 7.05. The highest BCUT2D eigenvalue weighted by Crippen LogP contribution is 2.26. The van der Waals surface area contributed by atoms with Crippen LogP contribution in [-0.2, 0) is 9.59 Å². The quantitative estimate of drug-likeness (QED) is 0.816. The van der Waals surface area contributed by atoms with Crippen LogP contribution in [0.4, 0.5) is 15.8 Å². The van der Waals surface area contributed by atoms with E-state index in [1.54, 1.807) is 31.2 Å². The summed E-state index contributed by atoms with van der Waals surface area (Å²) < 4.78 is 13.5. The number of carbonyl (C=O) groups is 2. The lowest BCUT2D eigenvalue weighted by Crippen LogP contribution is -2.22. The topological polar surface area (TPSA) is 58.2 Å². The Kier molecular flexibility index (Phi) is 5.76. The van der Waals surface area contributed by atoms with E-state index in [2.05, 4.69) is 10.6 Å². The fraction of sp³-hybridized carbons (Fsp3) is 0.176. The van der Waals surface area contributed by atoms with Gasteiger partial charge in [0.25, 0.3) is 0 Å². The molecule has 0 bridgehead atoms. The van der Waals surface area contributed by atoms with E-state index in [1.165, 1.54) is 30.8 Å². The normalized spacial score (nSPS) is 11.6. The molecule has 0 fully saturated rings. The van der Waals surface area contributed by atoms with Gasteiger partial charge in [-0.2, -0.15) is 0 Å². The third kappa shape index (κ3) is 5.10. The average Bonchev–Trinajstić information content (AvgIpc) is 2.51. The van der Waals surface area contributed by atoms with Gasteiger partial charge in [0.15, 0.2) is 0 Å². The molecule has 6 heteroatoms. The number of nitrogens with one attached hydrogen (secondary N) is 2. The molecule has 0 spiro atoms. The van der Waals surface area contributed by atoms with Crippen molar-refractivity contribution in [2.45, 2.75) is 24.0 Å². The van der Waals surface area contributed by atoms with Crippen LogP contribution in [0.3, 0.4) is 0 Å². The first-order valence-corrected chi connectivity index (χ1v) is 7.93. The van der Waals surface area contributed by atoms with Gasteiger partial charge in [-0.3, -0.25) is 9.59 Å². The van der Waals surface area contributed by atoms with Gasteiger partial charge in [0.1, 0.15) is 5.82 Å². The molecule has 0 saturated carbocycles. The Morgan fingerprint density at radius 1 is 1.04 bits per heavy atom. The maximum atomic E-state index is 13.5. The van der Waals surface area contributed by atoms with E-state index in [4.69, 9.17) is 0 Å². The van der Waals surface area contributed by atoms with E-state index in [1.807, 2.05) is 12.1 Å². The Morgan fingerprint density at radius 3 is 2.30 bits per heavy atom. The summed E-state index contributed by atoms with van der Waals surface area (Å²) in [6.07, 6.45) is 0. The molecule has 2 aromatic carbocycles. The molecule has 0 aliphatic heterocycles. The van der Waals surface area contributed by atoms with Gasteiger partial charge in [-0.25, -0.2) is 4.39 Å². The maximum absolute atomic E-state index is 13.5.